The summed E-state index contributed by atoms with van der Waals surface area (Å²) in [5.41, 5.74) is 7.41. The third kappa shape index (κ3) is 2.26. The lowest BCUT2D eigenvalue weighted by molar-refractivity contribution is 0.295. The van der Waals surface area contributed by atoms with Crippen molar-refractivity contribution in [3.8, 4) is 0 Å². The molecule has 1 aromatic rings. The van der Waals surface area contributed by atoms with Crippen LogP contribution in [0.5, 0.6) is 0 Å². The second kappa shape index (κ2) is 4.67. The van der Waals surface area contributed by atoms with Crippen molar-refractivity contribution in [3.63, 3.8) is 0 Å². The van der Waals surface area contributed by atoms with E-state index in [2.05, 4.69) is 22.2 Å². The highest BCUT2D eigenvalue weighted by atomic mass is 32.1. The van der Waals surface area contributed by atoms with Crippen LogP contribution in [0.3, 0.4) is 0 Å². The molecule has 3 nitrogen and oxygen atoms in total. The molecule has 2 N–H and O–H groups in total. The van der Waals surface area contributed by atoms with E-state index in [-0.39, 0.29) is 0 Å². The monoisotopic (exact) mass is 251 g/mol. The highest BCUT2D eigenvalue weighted by Crippen LogP contribution is 2.37. The number of hydrogen-bond donors (Lipinski definition) is 1. The molecule has 0 bridgehead atoms. The molecule has 0 radical (unpaired) electrons. The summed E-state index contributed by atoms with van der Waals surface area (Å²) in [5.74, 6) is 1.61. The highest BCUT2D eigenvalue weighted by molar-refractivity contribution is 7.09. The number of thiazole rings is 1. The first-order valence-corrected chi connectivity index (χ1v) is 7.55. The summed E-state index contributed by atoms with van der Waals surface area (Å²) in [5, 5.41) is 3.48. The summed E-state index contributed by atoms with van der Waals surface area (Å²) in [7, 11) is 0. The molecule has 0 amide bonds. The van der Waals surface area contributed by atoms with Crippen LogP contribution in [-0.2, 0) is 13.0 Å². The van der Waals surface area contributed by atoms with E-state index in [0.717, 1.165) is 24.8 Å². The van der Waals surface area contributed by atoms with Crippen LogP contribution >= 0.6 is 11.3 Å². The molecule has 17 heavy (non-hydrogen) atoms. The molecule has 4 heteroatoms. The molecule has 2 fully saturated rings. The first kappa shape index (κ1) is 11.6. The van der Waals surface area contributed by atoms with Crippen molar-refractivity contribution in [2.75, 3.05) is 13.1 Å². The van der Waals surface area contributed by atoms with E-state index in [1.54, 1.807) is 11.3 Å². The predicted molar refractivity (Wildman–Crippen MR) is 71.0 cm³/mol. The Bertz CT molecular complexity index is 390. The summed E-state index contributed by atoms with van der Waals surface area (Å²) in [4.78, 5) is 7.20. The molecule has 1 aliphatic heterocycles. The third-order valence-corrected chi connectivity index (χ3v) is 5.32. The van der Waals surface area contributed by atoms with Gasteiger partial charge in [0.1, 0.15) is 0 Å². The molecule has 3 unspecified atom stereocenters. The van der Waals surface area contributed by atoms with Gasteiger partial charge in [-0.1, -0.05) is 6.92 Å². The van der Waals surface area contributed by atoms with E-state index in [1.807, 2.05) is 0 Å². The maximum atomic E-state index is 6.16. The van der Waals surface area contributed by atoms with Gasteiger partial charge in [0, 0.05) is 31.1 Å². The van der Waals surface area contributed by atoms with Gasteiger partial charge in [-0.2, -0.15) is 0 Å². The summed E-state index contributed by atoms with van der Waals surface area (Å²) in [6.45, 7) is 5.61. The molecule has 3 rings (SSSR count). The Labute approximate surface area is 107 Å². The Balaban J connectivity index is 1.60. The van der Waals surface area contributed by atoms with Crippen LogP contribution in [0.2, 0.25) is 0 Å². The first-order valence-electron chi connectivity index (χ1n) is 6.67. The number of aryl methyl sites for hydroxylation is 1. The fourth-order valence-corrected chi connectivity index (χ4v) is 4.08. The zero-order valence-electron chi connectivity index (χ0n) is 10.4. The Morgan fingerprint density at radius 1 is 1.47 bits per heavy atom. The largest absolute Gasteiger partial charge is 0.327 e. The molecule has 1 aliphatic carbocycles. The summed E-state index contributed by atoms with van der Waals surface area (Å²) >= 11 is 1.79. The van der Waals surface area contributed by atoms with Gasteiger partial charge in [-0.15, -0.1) is 11.3 Å². The Morgan fingerprint density at radius 2 is 2.35 bits per heavy atom. The van der Waals surface area contributed by atoms with Crippen LogP contribution < -0.4 is 5.73 Å². The van der Waals surface area contributed by atoms with E-state index >= 15 is 0 Å². The average Bonchev–Trinajstić information content (AvgIpc) is 2.98. The average molecular weight is 251 g/mol. The van der Waals surface area contributed by atoms with Crippen molar-refractivity contribution >= 4 is 11.3 Å². The summed E-state index contributed by atoms with van der Waals surface area (Å²) in [6.07, 6.45) is 3.63. The number of aromatic nitrogens is 1. The smallest absolute Gasteiger partial charge is 0.0926 e. The van der Waals surface area contributed by atoms with E-state index in [1.165, 1.54) is 36.6 Å². The molecule has 1 saturated heterocycles. The maximum Gasteiger partial charge on any atom is 0.0926 e. The van der Waals surface area contributed by atoms with Gasteiger partial charge in [-0.3, -0.25) is 4.90 Å². The molecule has 2 heterocycles. The van der Waals surface area contributed by atoms with Crippen LogP contribution in [0.1, 0.15) is 30.5 Å². The van der Waals surface area contributed by atoms with Gasteiger partial charge >= 0.3 is 0 Å². The second-order valence-electron chi connectivity index (χ2n) is 5.45. The lowest BCUT2D eigenvalue weighted by atomic mass is 9.98. The third-order valence-electron chi connectivity index (χ3n) is 4.28. The van der Waals surface area contributed by atoms with Gasteiger partial charge in [0.2, 0.25) is 0 Å². The van der Waals surface area contributed by atoms with Gasteiger partial charge in [0.25, 0.3) is 0 Å². The zero-order chi connectivity index (χ0) is 11.8. The SMILES string of the molecule is CCc1nc(CN2CC3CCC(N)C3C2)cs1. The van der Waals surface area contributed by atoms with Crippen LogP contribution in [0, 0.1) is 11.8 Å². The number of rotatable bonds is 3. The second-order valence-corrected chi connectivity index (χ2v) is 6.39. The molecular weight excluding hydrogens is 230 g/mol. The van der Waals surface area contributed by atoms with E-state index in [9.17, 15) is 0 Å². The van der Waals surface area contributed by atoms with Crippen LogP contribution in [0.25, 0.3) is 0 Å². The first-order chi connectivity index (χ1) is 8.26. The minimum Gasteiger partial charge on any atom is -0.327 e. The zero-order valence-corrected chi connectivity index (χ0v) is 11.2. The van der Waals surface area contributed by atoms with Crippen LogP contribution in [0.4, 0.5) is 0 Å². The Kier molecular flexibility index (Phi) is 3.19. The summed E-state index contributed by atoms with van der Waals surface area (Å²) < 4.78 is 0. The molecule has 0 aromatic carbocycles. The van der Waals surface area contributed by atoms with Gasteiger partial charge < -0.3 is 5.73 Å². The highest BCUT2D eigenvalue weighted by Gasteiger charge is 2.40. The fourth-order valence-electron chi connectivity index (χ4n) is 3.34. The number of likely N-dealkylation sites (tertiary alicyclic amines) is 1. The lowest BCUT2D eigenvalue weighted by Gasteiger charge is -2.16. The van der Waals surface area contributed by atoms with Crippen LogP contribution in [-0.4, -0.2) is 29.0 Å². The maximum absolute atomic E-state index is 6.16. The Morgan fingerprint density at radius 3 is 3.06 bits per heavy atom. The minimum absolute atomic E-state index is 0.451. The van der Waals surface area contributed by atoms with Gasteiger partial charge in [-0.25, -0.2) is 4.98 Å². The molecule has 1 saturated carbocycles. The van der Waals surface area contributed by atoms with Crippen molar-refractivity contribution < 1.29 is 0 Å². The van der Waals surface area contributed by atoms with E-state index in [0.29, 0.717) is 6.04 Å². The minimum atomic E-state index is 0.451. The topological polar surface area (TPSA) is 42.2 Å². The number of nitrogens with zero attached hydrogens (tertiary/aromatic N) is 2. The predicted octanol–water partition coefficient (Wildman–Crippen LogP) is 1.87. The molecule has 0 spiro atoms. The van der Waals surface area contributed by atoms with Crippen molar-refractivity contribution in [2.45, 2.75) is 38.8 Å². The molecule has 2 aliphatic rings. The molecular formula is C13H21N3S. The molecule has 94 valence electrons. The Hall–Kier alpha value is -0.450. The summed E-state index contributed by atoms with van der Waals surface area (Å²) in [6, 6.07) is 0.451. The number of fused-ring (bicyclic) bond motifs is 1. The normalized spacial score (nSPS) is 33.2. The van der Waals surface area contributed by atoms with Gasteiger partial charge in [0.05, 0.1) is 10.7 Å². The van der Waals surface area contributed by atoms with Crippen molar-refractivity contribution in [1.82, 2.24) is 9.88 Å². The van der Waals surface area contributed by atoms with Crippen LogP contribution in [0.15, 0.2) is 5.38 Å². The van der Waals surface area contributed by atoms with Gasteiger partial charge in [0.15, 0.2) is 0 Å². The quantitative estimate of drug-likeness (QED) is 0.892. The van der Waals surface area contributed by atoms with E-state index in [4.69, 9.17) is 5.73 Å². The molecule has 1 aromatic heterocycles. The van der Waals surface area contributed by atoms with Crippen molar-refractivity contribution in [1.29, 1.82) is 0 Å². The van der Waals surface area contributed by atoms with Crippen molar-refractivity contribution in [3.05, 3.63) is 16.1 Å². The fraction of sp³-hybridized carbons (Fsp3) is 0.769. The number of hydrogen-bond acceptors (Lipinski definition) is 4. The van der Waals surface area contributed by atoms with Gasteiger partial charge in [-0.05, 0) is 31.1 Å². The number of nitrogens with two attached hydrogens (primary N) is 1. The standard InChI is InChI=1S/C13H21N3S/c1-2-13-15-10(8-17-13)6-16-5-9-3-4-12(14)11(9)7-16/h8-9,11-12H,2-7,14H2,1H3. The van der Waals surface area contributed by atoms with E-state index < -0.39 is 0 Å². The lowest BCUT2D eigenvalue weighted by Crippen LogP contribution is -2.30. The van der Waals surface area contributed by atoms with Crippen molar-refractivity contribution in [2.24, 2.45) is 17.6 Å². The molecule has 3 atom stereocenters.